The van der Waals surface area contributed by atoms with Crippen LogP contribution in [0, 0.1) is 0 Å². The van der Waals surface area contributed by atoms with Crippen molar-refractivity contribution in [1.82, 2.24) is 0 Å². The van der Waals surface area contributed by atoms with Gasteiger partial charge in [-0.05, 0) is 39.2 Å². The standard InChI is InChI=1S/C14H22O4/c1-11(7-8-14(16)17)5-4-6-12(2)9-10-18-13(3)15/h5,9H,4,6-8,10H2,1-3H3,(H,16,17)/b11-5+,12-9+. The zero-order valence-electron chi connectivity index (χ0n) is 11.4. The van der Waals surface area contributed by atoms with E-state index in [0.29, 0.717) is 13.0 Å². The molecule has 4 heteroatoms. The minimum absolute atomic E-state index is 0.184. The van der Waals surface area contributed by atoms with E-state index in [0.717, 1.165) is 18.4 Å². The third-order valence-corrected chi connectivity index (χ3v) is 2.48. The van der Waals surface area contributed by atoms with Crippen LogP contribution >= 0.6 is 0 Å². The molecule has 0 aliphatic carbocycles. The molecule has 18 heavy (non-hydrogen) atoms. The first-order valence-corrected chi connectivity index (χ1v) is 6.08. The number of carbonyl (C=O) groups is 2. The molecule has 0 aromatic carbocycles. The zero-order chi connectivity index (χ0) is 14.0. The molecule has 0 aliphatic rings. The molecule has 0 heterocycles. The molecule has 4 nitrogen and oxygen atoms in total. The Bertz CT molecular complexity index is 340. The molecule has 1 N–H and O–H groups in total. The third kappa shape index (κ3) is 10.9. The highest BCUT2D eigenvalue weighted by molar-refractivity contribution is 5.67. The number of rotatable bonds is 8. The highest BCUT2D eigenvalue weighted by Gasteiger charge is 1.97. The third-order valence-electron chi connectivity index (χ3n) is 2.48. The van der Waals surface area contributed by atoms with Crippen molar-refractivity contribution in [2.45, 2.75) is 46.5 Å². The molecule has 0 atom stereocenters. The topological polar surface area (TPSA) is 63.6 Å². The van der Waals surface area contributed by atoms with Crippen molar-refractivity contribution in [2.24, 2.45) is 0 Å². The monoisotopic (exact) mass is 254 g/mol. The Hall–Kier alpha value is -1.58. The van der Waals surface area contributed by atoms with Gasteiger partial charge in [-0.1, -0.05) is 17.2 Å². The number of carbonyl (C=O) groups excluding carboxylic acids is 1. The summed E-state index contributed by atoms with van der Waals surface area (Å²) in [4.78, 5) is 20.9. The average molecular weight is 254 g/mol. The molecule has 0 aromatic rings. The lowest BCUT2D eigenvalue weighted by Gasteiger charge is -2.01. The number of hydrogen-bond acceptors (Lipinski definition) is 3. The summed E-state index contributed by atoms with van der Waals surface area (Å²) in [6, 6.07) is 0. The van der Waals surface area contributed by atoms with Crippen molar-refractivity contribution < 1.29 is 19.4 Å². The second kappa shape index (κ2) is 9.45. The lowest BCUT2D eigenvalue weighted by atomic mass is 10.1. The fourth-order valence-electron chi connectivity index (χ4n) is 1.36. The van der Waals surface area contributed by atoms with Gasteiger partial charge < -0.3 is 9.84 Å². The largest absolute Gasteiger partial charge is 0.481 e. The van der Waals surface area contributed by atoms with E-state index in [4.69, 9.17) is 9.84 Å². The number of hydrogen-bond donors (Lipinski definition) is 1. The van der Waals surface area contributed by atoms with Crippen LogP contribution in [0.4, 0.5) is 0 Å². The Morgan fingerprint density at radius 2 is 1.61 bits per heavy atom. The van der Waals surface area contributed by atoms with E-state index in [1.807, 2.05) is 19.9 Å². The lowest BCUT2D eigenvalue weighted by Crippen LogP contribution is -1.98. The molecule has 0 spiro atoms. The van der Waals surface area contributed by atoms with Gasteiger partial charge in [-0.15, -0.1) is 0 Å². The number of carboxylic acid groups (broad SMARTS) is 1. The first-order valence-electron chi connectivity index (χ1n) is 6.08. The van der Waals surface area contributed by atoms with Crippen molar-refractivity contribution in [2.75, 3.05) is 6.61 Å². The number of allylic oxidation sites excluding steroid dienone is 3. The van der Waals surface area contributed by atoms with Gasteiger partial charge in [0, 0.05) is 13.3 Å². The van der Waals surface area contributed by atoms with E-state index in [1.165, 1.54) is 12.5 Å². The average Bonchev–Trinajstić information content (AvgIpc) is 2.25. The predicted octanol–water partition coefficient (Wildman–Crippen LogP) is 3.09. The van der Waals surface area contributed by atoms with E-state index in [-0.39, 0.29) is 12.4 Å². The second-order valence-corrected chi connectivity index (χ2v) is 4.34. The van der Waals surface area contributed by atoms with Crippen LogP contribution in [0.15, 0.2) is 23.3 Å². The minimum Gasteiger partial charge on any atom is -0.481 e. The molecule has 0 fully saturated rings. The van der Waals surface area contributed by atoms with Crippen molar-refractivity contribution >= 4 is 11.9 Å². The molecule has 102 valence electrons. The summed E-state index contributed by atoms with van der Waals surface area (Å²) in [5, 5.41) is 8.54. The highest BCUT2D eigenvalue weighted by atomic mass is 16.5. The lowest BCUT2D eigenvalue weighted by molar-refractivity contribution is -0.140. The molecule has 0 bridgehead atoms. The smallest absolute Gasteiger partial charge is 0.303 e. The highest BCUT2D eigenvalue weighted by Crippen LogP contribution is 2.10. The van der Waals surface area contributed by atoms with Crippen molar-refractivity contribution in [3.05, 3.63) is 23.3 Å². The van der Waals surface area contributed by atoms with Gasteiger partial charge in [0.25, 0.3) is 0 Å². The van der Waals surface area contributed by atoms with Gasteiger partial charge in [0.1, 0.15) is 6.61 Å². The molecule has 0 amide bonds. The summed E-state index contributed by atoms with van der Waals surface area (Å²) < 4.78 is 4.81. The summed E-state index contributed by atoms with van der Waals surface area (Å²) in [7, 11) is 0. The normalized spacial score (nSPS) is 12.4. The van der Waals surface area contributed by atoms with Crippen molar-refractivity contribution in [3.63, 3.8) is 0 Å². The van der Waals surface area contributed by atoms with Crippen LogP contribution in [0.3, 0.4) is 0 Å². The predicted molar refractivity (Wildman–Crippen MR) is 70.3 cm³/mol. The summed E-state index contributed by atoms with van der Waals surface area (Å²) in [6.07, 6.45) is 6.52. The molecule has 0 rings (SSSR count). The van der Waals surface area contributed by atoms with Gasteiger partial charge in [-0.25, -0.2) is 0 Å². The van der Waals surface area contributed by atoms with Crippen LogP contribution in [-0.2, 0) is 14.3 Å². The van der Waals surface area contributed by atoms with E-state index < -0.39 is 5.97 Å². The Morgan fingerprint density at radius 1 is 1.00 bits per heavy atom. The summed E-state index contributed by atoms with van der Waals surface area (Å²) in [5.74, 6) is -1.04. The Balaban J connectivity index is 3.83. The van der Waals surface area contributed by atoms with Crippen LogP contribution < -0.4 is 0 Å². The Morgan fingerprint density at radius 3 is 2.17 bits per heavy atom. The molecule has 0 saturated carbocycles. The maximum absolute atomic E-state index is 10.5. The zero-order valence-corrected chi connectivity index (χ0v) is 11.4. The van der Waals surface area contributed by atoms with Gasteiger partial charge in [0.15, 0.2) is 0 Å². The first kappa shape index (κ1) is 16.4. The Kier molecular flexibility index (Phi) is 8.62. The van der Waals surface area contributed by atoms with E-state index in [2.05, 4.69) is 6.08 Å². The van der Waals surface area contributed by atoms with Crippen LogP contribution in [0.5, 0.6) is 0 Å². The van der Waals surface area contributed by atoms with Crippen LogP contribution in [0.25, 0.3) is 0 Å². The number of aliphatic carboxylic acids is 1. The summed E-state index contributed by atoms with van der Waals surface area (Å²) in [5.41, 5.74) is 2.27. The van der Waals surface area contributed by atoms with Crippen molar-refractivity contribution in [1.29, 1.82) is 0 Å². The van der Waals surface area contributed by atoms with Gasteiger partial charge >= 0.3 is 11.9 Å². The Labute approximate surface area is 108 Å². The second-order valence-electron chi connectivity index (χ2n) is 4.34. The number of carboxylic acids is 1. The van der Waals surface area contributed by atoms with Gasteiger partial charge in [0.05, 0.1) is 0 Å². The molecular weight excluding hydrogens is 232 g/mol. The molecule has 0 saturated heterocycles. The maximum Gasteiger partial charge on any atom is 0.303 e. The molecular formula is C14H22O4. The van der Waals surface area contributed by atoms with Crippen LogP contribution in [0.2, 0.25) is 0 Å². The van der Waals surface area contributed by atoms with Crippen molar-refractivity contribution in [3.8, 4) is 0 Å². The number of ether oxygens (including phenoxy) is 1. The molecule has 0 unspecified atom stereocenters. The van der Waals surface area contributed by atoms with Crippen LogP contribution in [0.1, 0.15) is 46.5 Å². The van der Waals surface area contributed by atoms with Gasteiger partial charge in [-0.3, -0.25) is 9.59 Å². The quantitative estimate of drug-likeness (QED) is 0.534. The van der Waals surface area contributed by atoms with Gasteiger partial charge in [-0.2, -0.15) is 0 Å². The van der Waals surface area contributed by atoms with Gasteiger partial charge in [0.2, 0.25) is 0 Å². The molecule has 0 aromatic heterocycles. The van der Waals surface area contributed by atoms with Crippen LogP contribution in [-0.4, -0.2) is 23.7 Å². The minimum atomic E-state index is -0.764. The maximum atomic E-state index is 10.5. The molecule has 0 radical (unpaired) electrons. The number of esters is 1. The molecule has 0 aliphatic heterocycles. The van der Waals surface area contributed by atoms with E-state index in [9.17, 15) is 9.59 Å². The summed E-state index contributed by atoms with van der Waals surface area (Å²) in [6.45, 7) is 5.64. The SMILES string of the molecule is CC(=O)OC/C=C(\C)CC/C=C(\C)CCC(=O)O. The fourth-order valence-corrected chi connectivity index (χ4v) is 1.36. The van der Waals surface area contributed by atoms with E-state index in [1.54, 1.807) is 0 Å². The summed E-state index contributed by atoms with van der Waals surface area (Å²) >= 11 is 0. The first-order chi connectivity index (χ1) is 8.41. The fraction of sp³-hybridized carbons (Fsp3) is 0.571. The van der Waals surface area contributed by atoms with E-state index >= 15 is 0 Å².